The predicted octanol–water partition coefficient (Wildman–Crippen LogP) is 5.22. The molecule has 16 nitrogen and oxygen atoms in total. The second kappa shape index (κ2) is 16.3. The van der Waals surface area contributed by atoms with E-state index in [0.717, 1.165) is 28.4 Å². The summed E-state index contributed by atoms with van der Waals surface area (Å²) in [6.07, 6.45) is 3.19. The van der Waals surface area contributed by atoms with Crippen molar-refractivity contribution in [3.8, 4) is 0 Å². The van der Waals surface area contributed by atoms with E-state index >= 15 is 0 Å². The Labute approximate surface area is 308 Å². The molecule has 2 aliphatic heterocycles. The first-order valence-electron chi connectivity index (χ1n) is 17.9. The number of nitrogens with one attached hydrogen (secondary N) is 1. The lowest BCUT2D eigenvalue weighted by Crippen LogP contribution is -2.60. The zero-order valence-corrected chi connectivity index (χ0v) is 31.4. The number of ether oxygens (including phenoxy) is 4. The van der Waals surface area contributed by atoms with Crippen LogP contribution in [-0.4, -0.2) is 98.7 Å². The van der Waals surface area contributed by atoms with E-state index in [2.05, 4.69) is 5.32 Å². The number of nitro benzene ring substituents is 1. The number of benzene rings is 1. The fourth-order valence-corrected chi connectivity index (χ4v) is 6.50. The highest BCUT2D eigenvalue weighted by Gasteiger charge is 2.69. The Balaban J connectivity index is 1.78. The van der Waals surface area contributed by atoms with E-state index in [-0.39, 0.29) is 43.7 Å². The fraction of sp³-hybridized carbons (Fsp3) is 0.622. The minimum Gasteiger partial charge on any atom is -0.464 e. The Hall–Kier alpha value is -5.02. The molecule has 2 heterocycles. The number of alkyl carbamates (subject to hydrolysis) is 1. The molecule has 1 N–H and O–H groups in total. The van der Waals surface area contributed by atoms with Crippen molar-refractivity contribution in [1.29, 1.82) is 0 Å². The summed E-state index contributed by atoms with van der Waals surface area (Å²) in [6.45, 7) is 11.1. The molecule has 0 aromatic heterocycles. The molecule has 1 aromatic carbocycles. The van der Waals surface area contributed by atoms with E-state index in [4.69, 9.17) is 18.9 Å². The third-order valence-corrected chi connectivity index (χ3v) is 8.95. The third kappa shape index (κ3) is 10.1. The number of carbonyl (C=O) groups excluding carboxylic acids is 6. The third-order valence-electron chi connectivity index (χ3n) is 8.95. The maximum atomic E-state index is 14.9. The van der Waals surface area contributed by atoms with Gasteiger partial charge in [0.1, 0.15) is 29.4 Å². The average Bonchev–Trinajstić information content (AvgIpc) is 3.61. The Morgan fingerprint density at radius 3 is 2.23 bits per heavy atom. The van der Waals surface area contributed by atoms with Gasteiger partial charge in [-0.05, 0) is 86.3 Å². The molecule has 4 rings (SSSR count). The molecule has 1 saturated carbocycles. The number of esters is 2. The fourth-order valence-electron chi connectivity index (χ4n) is 6.50. The summed E-state index contributed by atoms with van der Waals surface area (Å²) >= 11 is 0. The van der Waals surface area contributed by atoms with Crippen LogP contribution in [0.4, 0.5) is 15.3 Å². The summed E-state index contributed by atoms with van der Waals surface area (Å²) in [6, 6.07) is 2.12. The largest absolute Gasteiger partial charge is 0.464 e. The monoisotopic (exact) mass is 742 g/mol. The minimum absolute atomic E-state index is 0.00793. The van der Waals surface area contributed by atoms with Crippen LogP contribution in [0.15, 0.2) is 36.4 Å². The molecule has 1 aliphatic carbocycles. The zero-order valence-electron chi connectivity index (χ0n) is 31.4. The van der Waals surface area contributed by atoms with Crippen LogP contribution < -0.4 is 5.32 Å². The number of amides is 4. The van der Waals surface area contributed by atoms with E-state index in [0.29, 0.717) is 19.3 Å². The molecule has 5 atom stereocenters. The maximum absolute atomic E-state index is 14.9. The van der Waals surface area contributed by atoms with Crippen LogP contribution >= 0.6 is 0 Å². The van der Waals surface area contributed by atoms with Gasteiger partial charge in [0.2, 0.25) is 5.91 Å². The maximum Gasteiger partial charge on any atom is 0.418 e. The smallest absolute Gasteiger partial charge is 0.418 e. The van der Waals surface area contributed by atoms with Gasteiger partial charge >= 0.3 is 24.1 Å². The van der Waals surface area contributed by atoms with Crippen molar-refractivity contribution in [2.24, 2.45) is 5.92 Å². The SMILES string of the molecule is CCOC(=O)[C@@]12C[C@H]1/C=C\CCCCC[C@H](NC(=O)OC(C)(C)C)C(=O)N1C[C@H](OC(=O)c3ccc([N+](=O)[O-])cc3)C[C@H]1C(=O)N2C(=O)OC(C)(C)C. The van der Waals surface area contributed by atoms with Gasteiger partial charge in [-0.2, -0.15) is 0 Å². The Bertz CT molecular complexity index is 1610. The molecule has 290 valence electrons. The van der Waals surface area contributed by atoms with Gasteiger partial charge in [0, 0.05) is 24.5 Å². The number of nitro groups is 1. The summed E-state index contributed by atoms with van der Waals surface area (Å²) < 4.78 is 22.3. The Kier molecular flexibility index (Phi) is 12.6. The second-order valence-corrected chi connectivity index (χ2v) is 15.4. The Morgan fingerprint density at radius 2 is 1.62 bits per heavy atom. The first-order valence-corrected chi connectivity index (χ1v) is 17.9. The molecule has 0 spiro atoms. The van der Waals surface area contributed by atoms with Crippen LogP contribution in [0, 0.1) is 16.0 Å². The van der Waals surface area contributed by atoms with Crippen molar-refractivity contribution in [1.82, 2.24) is 15.1 Å². The lowest BCUT2D eigenvalue weighted by atomic mass is 10.0. The summed E-state index contributed by atoms with van der Waals surface area (Å²) in [7, 11) is 0. The van der Waals surface area contributed by atoms with Crippen LogP contribution in [-0.2, 0) is 33.3 Å². The lowest BCUT2D eigenvalue weighted by Gasteiger charge is -2.35. The highest BCUT2D eigenvalue weighted by atomic mass is 16.6. The number of imide groups is 1. The zero-order chi connectivity index (χ0) is 39.3. The van der Waals surface area contributed by atoms with E-state index in [1.165, 1.54) is 12.1 Å². The van der Waals surface area contributed by atoms with Gasteiger partial charge in [-0.3, -0.25) is 19.7 Å². The number of nitrogens with zero attached hydrogens (tertiary/aromatic N) is 3. The number of non-ortho nitro benzene ring substituents is 1. The molecule has 0 radical (unpaired) electrons. The standard InChI is InChI=1S/C37H50N4O12/c1-8-50-32(45)37-21-24(37)14-12-10-9-11-13-15-27(38-33(46)52-35(2,3)4)29(42)39-22-26(51-31(44)23-16-18-25(19-17-23)41(48)49)20-28(39)30(43)40(37)34(47)53-36(5,6)7/h12,14,16-19,24,26-28H,8-11,13,15,20-22H2,1-7H3,(H,38,46)/b14-12-/t24-,26-,27+,28+,37-/m1/s1. The highest BCUT2D eigenvalue weighted by molar-refractivity contribution is 6.05. The molecule has 4 amide bonds. The van der Waals surface area contributed by atoms with Crippen LogP contribution in [0.1, 0.15) is 104 Å². The van der Waals surface area contributed by atoms with E-state index in [1.54, 1.807) is 54.5 Å². The second-order valence-electron chi connectivity index (χ2n) is 15.4. The quantitative estimate of drug-likeness (QED) is 0.131. The topological polar surface area (TPSA) is 201 Å². The van der Waals surface area contributed by atoms with Crippen molar-refractivity contribution in [3.63, 3.8) is 0 Å². The van der Waals surface area contributed by atoms with Crippen molar-refractivity contribution >= 4 is 41.6 Å². The summed E-state index contributed by atoms with van der Waals surface area (Å²) in [4.78, 5) is 95.8. The number of carbonyl (C=O) groups is 6. The van der Waals surface area contributed by atoms with E-state index < -0.39 is 81.7 Å². The number of allylic oxidation sites excluding steroid dienone is 1. The predicted molar refractivity (Wildman–Crippen MR) is 188 cm³/mol. The van der Waals surface area contributed by atoms with Crippen LogP contribution in [0.25, 0.3) is 0 Å². The molecule has 53 heavy (non-hydrogen) atoms. The first-order chi connectivity index (χ1) is 24.8. The molecule has 16 heteroatoms. The van der Waals surface area contributed by atoms with Crippen LogP contribution in [0.2, 0.25) is 0 Å². The number of hydrogen-bond acceptors (Lipinski definition) is 12. The van der Waals surface area contributed by atoms with Crippen LogP contribution in [0.5, 0.6) is 0 Å². The van der Waals surface area contributed by atoms with Gasteiger partial charge in [-0.25, -0.2) is 24.1 Å². The van der Waals surface area contributed by atoms with Gasteiger partial charge in [-0.1, -0.05) is 25.0 Å². The van der Waals surface area contributed by atoms with Gasteiger partial charge in [-0.15, -0.1) is 0 Å². The Morgan fingerprint density at radius 1 is 0.962 bits per heavy atom. The molecule has 2 fully saturated rings. The molecular formula is C37H50N4O12. The summed E-state index contributed by atoms with van der Waals surface area (Å²) in [5.41, 5.74) is -3.97. The molecule has 1 saturated heterocycles. The minimum atomic E-state index is -1.76. The van der Waals surface area contributed by atoms with Gasteiger partial charge in [0.05, 0.1) is 23.6 Å². The highest BCUT2D eigenvalue weighted by Crippen LogP contribution is 2.52. The molecule has 1 aromatic rings. The van der Waals surface area contributed by atoms with Crippen molar-refractivity contribution in [3.05, 3.63) is 52.1 Å². The number of rotatable bonds is 6. The van der Waals surface area contributed by atoms with Crippen molar-refractivity contribution < 1.29 is 52.6 Å². The molecule has 0 unspecified atom stereocenters. The number of hydrogen-bond donors (Lipinski definition) is 1. The van der Waals surface area contributed by atoms with E-state index in [1.807, 2.05) is 6.08 Å². The molecule has 3 aliphatic rings. The van der Waals surface area contributed by atoms with Gasteiger partial charge < -0.3 is 29.2 Å². The van der Waals surface area contributed by atoms with Crippen molar-refractivity contribution in [2.45, 2.75) is 128 Å². The number of fused-ring (bicyclic) bond motifs is 2. The van der Waals surface area contributed by atoms with Gasteiger partial charge in [0.15, 0.2) is 5.54 Å². The van der Waals surface area contributed by atoms with Crippen LogP contribution in [0.3, 0.4) is 0 Å². The van der Waals surface area contributed by atoms with Crippen molar-refractivity contribution in [2.75, 3.05) is 13.2 Å². The molecular weight excluding hydrogens is 692 g/mol. The first kappa shape index (κ1) is 40.7. The van der Waals surface area contributed by atoms with E-state index in [9.17, 15) is 38.9 Å². The molecule has 0 bridgehead atoms. The summed E-state index contributed by atoms with van der Waals surface area (Å²) in [5, 5.41) is 13.8. The normalized spacial score (nSPS) is 25.8. The average molecular weight is 743 g/mol. The lowest BCUT2D eigenvalue weighted by molar-refractivity contribution is -0.384. The van der Waals surface area contributed by atoms with Gasteiger partial charge in [0.25, 0.3) is 11.6 Å². The summed E-state index contributed by atoms with van der Waals surface area (Å²) in [5.74, 6) is -3.89.